The fourth-order valence-corrected chi connectivity index (χ4v) is 4.51. The third-order valence-corrected chi connectivity index (χ3v) is 6.18. The second kappa shape index (κ2) is 7.37. The lowest BCUT2D eigenvalue weighted by Crippen LogP contribution is -2.00. The monoisotopic (exact) mass is 427 g/mol. The van der Waals surface area contributed by atoms with Gasteiger partial charge in [-0.15, -0.1) is 10.2 Å². The lowest BCUT2D eigenvalue weighted by molar-refractivity contribution is 0.466. The van der Waals surface area contributed by atoms with Gasteiger partial charge < -0.3 is 10.4 Å². The number of rotatable bonds is 5. The number of hydrogen-bond donors (Lipinski definition) is 2. The molecule has 10 heteroatoms. The average molecular weight is 428 g/mol. The van der Waals surface area contributed by atoms with Gasteiger partial charge in [-0.3, -0.25) is 0 Å². The van der Waals surface area contributed by atoms with Gasteiger partial charge in [0.1, 0.15) is 10.6 Å². The third-order valence-electron chi connectivity index (χ3n) is 4.33. The molecule has 4 aromatic rings. The maximum absolute atomic E-state index is 12.2. The fraction of sp³-hybridized carbons (Fsp3) is 0.158. The van der Waals surface area contributed by atoms with Gasteiger partial charge >= 0.3 is 0 Å². The molecular formula is C19H17N5O3S2. The number of benzene rings is 2. The zero-order valence-electron chi connectivity index (χ0n) is 15.6. The first kappa shape index (κ1) is 19.2. The van der Waals surface area contributed by atoms with Crippen LogP contribution in [0.25, 0.3) is 21.8 Å². The molecule has 4 rings (SSSR count). The number of aromatic nitrogens is 2. The second-order valence-corrected chi connectivity index (χ2v) is 9.07. The molecule has 29 heavy (non-hydrogen) atoms. The predicted molar refractivity (Wildman–Crippen MR) is 114 cm³/mol. The Morgan fingerprint density at radius 1 is 1.17 bits per heavy atom. The number of phenolic OH excluding ortho intramolecular Hbond substituents is 1. The van der Waals surface area contributed by atoms with Crippen LogP contribution in [0.2, 0.25) is 0 Å². The number of azo groups is 1. The molecule has 0 aliphatic rings. The molecule has 0 unspecified atom stereocenters. The molecule has 0 bridgehead atoms. The van der Waals surface area contributed by atoms with Crippen LogP contribution in [-0.2, 0) is 9.84 Å². The van der Waals surface area contributed by atoms with Crippen LogP contribution in [0, 0.1) is 0 Å². The number of pyridine rings is 1. The van der Waals surface area contributed by atoms with Crippen molar-refractivity contribution in [3.05, 3.63) is 42.6 Å². The first-order valence-electron chi connectivity index (χ1n) is 8.75. The summed E-state index contributed by atoms with van der Waals surface area (Å²) in [7, 11) is -3.67. The van der Waals surface area contributed by atoms with Crippen molar-refractivity contribution in [2.24, 2.45) is 10.2 Å². The Kier molecular flexibility index (Phi) is 4.89. The van der Waals surface area contributed by atoms with Gasteiger partial charge in [0.15, 0.2) is 20.5 Å². The van der Waals surface area contributed by atoms with Gasteiger partial charge in [0.2, 0.25) is 0 Å². The van der Waals surface area contributed by atoms with Crippen LogP contribution in [0.1, 0.15) is 6.92 Å². The standard InChI is InChI=1S/C19H17N5O3S2/c1-3-20-13-8-4-6-11-16(13)14(10-15(17(11)25)29(2,26)27)22-23-19-12-7-5-9-21-18(12)24-28-19/h4-10,20,25H,3H2,1-2H3. The Balaban J connectivity index is 1.97. The van der Waals surface area contributed by atoms with E-state index >= 15 is 0 Å². The first-order valence-corrected chi connectivity index (χ1v) is 11.4. The first-order chi connectivity index (χ1) is 13.9. The van der Waals surface area contributed by atoms with E-state index in [0.717, 1.165) is 28.9 Å². The van der Waals surface area contributed by atoms with Gasteiger partial charge in [0.25, 0.3) is 0 Å². The molecule has 0 spiro atoms. The fourth-order valence-electron chi connectivity index (χ4n) is 3.07. The number of phenols is 1. The van der Waals surface area contributed by atoms with E-state index in [4.69, 9.17) is 0 Å². The Hall–Kier alpha value is -3.11. The number of nitrogens with zero attached hydrogens (tertiary/aromatic N) is 4. The minimum Gasteiger partial charge on any atom is -0.506 e. The number of nitrogens with one attached hydrogen (secondary N) is 1. The van der Waals surface area contributed by atoms with Crippen molar-refractivity contribution < 1.29 is 13.5 Å². The van der Waals surface area contributed by atoms with E-state index in [1.54, 1.807) is 24.4 Å². The molecule has 2 N–H and O–H groups in total. The summed E-state index contributed by atoms with van der Waals surface area (Å²) in [5.74, 6) is -0.298. The maximum atomic E-state index is 12.2. The maximum Gasteiger partial charge on any atom is 0.179 e. The minimum absolute atomic E-state index is 0.191. The van der Waals surface area contributed by atoms with Gasteiger partial charge in [-0.05, 0) is 42.7 Å². The Bertz CT molecular complexity index is 1360. The SMILES string of the molecule is CCNc1cccc2c(O)c(S(C)(=O)=O)cc(N=Nc3snc4ncccc34)c12. The summed E-state index contributed by atoms with van der Waals surface area (Å²) in [5.41, 5.74) is 1.64. The van der Waals surface area contributed by atoms with Crippen LogP contribution in [0.4, 0.5) is 16.4 Å². The molecule has 2 aromatic heterocycles. The van der Waals surface area contributed by atoms with E-state index in [-0.39, 0.29) is 10.6 Å². The van der Waals surface area contributed by atoms with Crippen molar-refractivity contribution in [3.8, 4) is 5.75 Å². The van der Waals surface area contributed by atoms with Crippen LogP contribution in [0.3, 0.4) is 0 Å². The minimum atomic E-state index is -3.67. The van der Waals surface area contributed by atoms with Crippen LogP contribution in [0.15, 0.2) is 57.7 Å². The van der Waals surface area contributed by atoms with E-state index in [0.29, 0.717) is 33.7 Å². The normalized spacial score (nSPS) is 12.2. The summed E-state index contributed by atoms with van der Waals surface area (Å²) in [6.45, 7) is 2.59. The highest BCUT2D eigenvalue weighted by molar-refractivity contribution is 7.90. The van der Waals surface area contributed by atoms with Crippen molar-refractivity contribution >= 4 is 59.6 Å². The number of sulfone groups is 1. The molecule has 8 nitrogen and oxygen atoms in total. The zero-order valence-corrected chi connectivity index (χ0v) is 17.3. The number of hydrogen-bond acceptors (Lipinski definition) is 9. The topological polar surface area (TPSA) is 117 Å². The number of aromatic hydroxyl groups is 1. The summed E-state index contributed by atoms with van der Waals surface area (Å²) in [5, 5.41) is 24.8. The lowest BCUT2D eigenvalue weighted by atomic mass is 10.1. The molecule has 0 saturated carbocycles. The van der Waals surface area contributed by atoms with Crippen molar-refractivity contribution in [3.63, 3.8) is 0 Å². The van der Waals surface area contributed by atoms with E-state index in [2.05, 4.69) is 24.9 Å². The molecule has 0 fully saturated rings. The Labute approximate surface area is 171 Å². The van der Waals surface area contributed by atoms with Gasteiger partial charge in [-0.2, -0.15) is 4.37 Å². The molecule has 148 valence electrons. The largest absolute Gasteiger partial charge is 0.506 e. The summed E-state index contributed by atoms with van der Waals surface area (Å²) in [6.07, 6.45) is 2.70. The van der Waals surface area contributed by atoms with Crippen molar-refractivity contribution in [1.29, 1.82) is 0 Å². The van der Waals surface area contributed by atoms with Crippen molar-refractivity contribution in [1.82, 2.24) is 9.36 Å². The molecule has 0 radical (unpaired) electrons. The summed E-state index contributed by atoms with van der Waals surface area (Å²) in [4.78, 5) is 3.99. The summed E-state index contributed by atoms with van der Waals surface area (Å²) in [6, 6.07) is 10.2. The van der Waals surface area contributed by atoms with Crippen LogP contribution in [0.5, 0.6) is 5.75 Å². The zero-order chi connectivity index (χ0) is 20.6. The van der Waals surface area contributed by atoms with Crippen molar-refractivity contribution in [2.75, 3.05) is 18.1 Å². The highest BCUT2D eigenvalue weighted by atomic mass is 32.2. The van der Waals surface area contributed by atoms with Crippen LogP contribution < -0.4 is 5.32 Å². The molecular weight excluding hydrogens is 410 g/mol. The Morgan fingerprint density at radius 3 is 2.72 bits per heavy atom. The predicted octanol–water partition coefficient (Wildman–Crippen LogP) is 4.80. The molecule has 0 amide bonds. The average Bonchev–Trinajstić information content (AvgIpc) is 3.10. The van der Waals surface area contributed by atoms with Gasteiger partial charge in [-0.1, -0.05) is 12.1 Å². The second-order valence-electron chi connectivity index (χ2n) is 6.34. The molecule has 0 atom stereocenters. The number of anilines is 1. The molecule has 2 heterocycles. The molecule has 0 aliphatic heterocycles. The van der Waals surface area contributed by atoms with E-state index in [1.165, 1.54) is 6.07 Å². The summed E-state index contributed by atoms with van der Waals surface area (Å²) < 4.78 is 28.6. The van der Waals surface area contributed by atoms with Crippen LogP contribution >= 0.6 is 11.5 Å². The quantitative estimate of drug-likeness (QED) is 0.442. The third kappa shape index (κ3) is 3.52. The highest BCUT2D eigenvalue weighted by Crippen LogP contribution is 2.43. The van der Waals surface area contributed by atoms with E-state index in [1.807, 2.05) is 19.1 Å². The molecule has 2 aromatic carbocycles. The van der Waals surface area contributed by atoms with Gasteiger partial charge in [0, 0.05) is 35.5 Å². The highest BCUT2D eigenvalue weighted by Gasteiger charge is 2.20. The van der Waals surface area contributed by atoms with Gasteiger partial charge in [0.05, 0.1) is 11.1 Å². The number of fused-ring (bicyclic) bond motifs is 2. The van der Waals surface area contributed by atoms with E-state index < -0.39 is 9.84 Å². The lowest BCUT2D eigenvalue weighted by Gasteiger charge is -2.13. The molecule has 0 aliphatic carbocycles. The Morgan fingerprint density at radius 2 is 1.97 bits per heavy atom. The smallest absolute Gasteiger partial charge is 0.179 e. The summed E-state index contributed by atoms with van der Waals surface area (Å²) >= 11 is 1.16. The molecule has 0 saturated heterocycles. The van der Waals surface area contributed by atoms with Crippen LogP contribution in [-0.4, -0.2) is 35.7 Å². The van der Waals surface area contributed by atoms with Gasteiger partial charge in [-0.25, -0.2) is 13.4 Å². The van der Waals surface area contributed by atoms with E-state index in [9.17, 15) is 13.5 Å². The van der Waals surface area contributed by atoms with Crippen molar-refractivity contribution in [2.45, 2.75) is 11.8 Å².